The van der Waals surface area contributed by atoms with E-state index in [1.165, 1.54) is 11.3 Å². The van der Waals surface area contributed by atoms with Gasteiger partial charge in [-0.2, -0.15) is 0 Å². The van der Waals surface area contributed by atoms with Crippen LogP contribution in [0.5, 0.6) is 0 Å². The van der Waals surface area contributed by atoms with Crippen molar-refractivity contribution >= 4 is 29.2 Å². The summed E-state index contributed by atoms with van der Waals surface area (Å²) in [4.78, 5) is 33.3. The van der Waals surface area contributed by atoms with Crippen molar-refractivity contribution in [3.8, 4) is 0 Å². The number of hydrazine groups is 1. The topological polar surface area (TPSA) is 75.2 Å². The molecule has 7 heteroatoms. The third kappa shape index (κ3) is 2.45. The average molecular weight is 323 g/mol. The Morgan fingerprint density at radius 3 is 2.59 bits per heavy atom. The summed E-state index contributed by atoms with van der Waals surface area (Å²) in [6.07, 6.45) is 4.82. The highest BCUT2D eigenvalue weighted by Crippen LogP contribution is 2.37. The quantitative estimate of drug-likeness (QED) is 0.849. The zero-order valence-electron chi connectivity index (χ0n) is 12.7. The number of hydrogen-bond acceptors (Lipinski definition) is 4. The van der Waals surface area contributed by atoms with E-state index in [-0.39, 0.29) is 29.6 Å². The molecule has 2 heterocycles. The molecule has 0 aromatic carbocycles. The number of amides is 2. The lowest BCUT2D eigenvalue weighted by Crippen LogP contribution is -2.60. The first-order valence-electron chi connectivity index (χ1n) is 7.65. The molecule has 1 saturated heterocycles. The fourth-order valence-electron chi connectivity index (χ4n) is 3.35. The Labute approximate surface area is 134 Å². The van der Waals surface area contributed by atoms with Gasteiger partial charge in [0.15, 0.2) is 5.82 Å². The van der Waals surface area contributed by atoms with Crippen LogP contribution in [0.25, 0.3) is 0 Å². The van der Waals surface area contributed by atoms with Crippen molar-refractivity contribution in [1.29, 1.82) is 0 Å². The number of halogens is 1. The van der Waals surface area contributed by atoms with Crippen molar-refractivity contribution in [3.63, 3.8) is 0 Å². The van der Waals surface area contributed by atoms with E-state index in [4.69, 9.17) is 11.6 Å². The molecule has 1 aromatic rings. The predicted octanol–water partition coefficient (Wildman–Crippen LogP) is 2.44. The Hall–Kier alpha value is -1.69. The molecular weight excluding hydrogens is 304 g/mol. The molecule has 2 fully saturated rings. The molecule has 1 saturated carbocycles. The SMILES string of the molecule is CC(C)c1c(Cl)ncnc1N1NC(=O)[C@@H]2CCCC[C@@H]2C1=O. The molecule has 0 radical (unpaired) electrons. The Bertz CT molecular complexity index is 620. The van der Waals surface area contributed by atoms with Gasteiger partial charge in [-0.1, -0.05) is 38.3 Å². The molecule has 1 aliphatic carbocycles. The van der Waals surface area contributed by atoms with Crippen LogP contribution >= 0.6 is 11.6 Å². The third-order valence-electron chi connectivity index (χ3n) is 4.47. The Morgan fingerprint density at radius 1 is 1.23 bits per heavy atom. The number of hydrogen-bond donors (Lipinski definition) is 1. The minimum atomic E-state index is -0.253. The summed E-state index contributed by atoms with van der Waals surface area (Å²) in [6, 6.07) is 0. The number of nitrogens with zero attached hydrogens (tertiary/aromatic N) is 3. The maximum absolute atomic E-state index is 12.8. The molecule has 1 aromatic heterocycles. The minimum absolute atomic E-state index is 0.0393. The van der Waals surface area contributed by atoms with Gasteiger partial charge < -0.3 is 0 Å². The molecule has 1 aliphatic heterocycles. The van der Waals surface area contributed by atoms with E-state index in [2.05, 4.69) is 15.4 Å². The minimum Gasteiger partial charge on any atom is -0.273 e. The van der Waals surface area contributed by atoms with Crippen molar-refractivity contribution in [2.75, 3.05) is 5.01 Å². The van der Waals surface area contributed by atoms with E-state index in [0.717, 1.165) is 25.7 Å². The van der Waals surface area contributed by atoms with Crippen molar-refractivity contribution in [2.24, 2.45) is 11.8 Å². The molecule has 2 aliphatic rings. The molecule has 1 N–H and O–H groups in total. The van der Waals surface area contributed by atoms with Crippen LogP contribution in [0.15, 0.2) is 6.33 Å². The first kappa shape index (κ1) is 15.2. The van der Waals surface area contributed by atoms with Gasteiger partial charge in [-0.25, -0.2) is 15.0 Å². The first-order valence-corrected chi connectivity index (χ1v) is 8.03. The second-order valence-electron chi connectivity index (χ2n) is 6.20. The zero-order chi connectivity index (χ0) is 15.9. The van der Waals surface area contributed by atoms with Gasteiger partial charge >= 0.3 is 0 Å². The van der Waals surface area contributed by atoms with E-state index >= 15 is 0 Å². The molecule has 6 nitrogen and oxygen atoms in total. The van der Waals surface area contributed by atoms with E-state index in [0.29, 0.717) is 16.5 Å². The standard InChI is InChI=1S/C15H19ClN4O2/c1-8(2)11-12(16)17-7-18-13(11)20-15(22)10-6-4-3-5-9(10)14(21)19-20/h7-10H,3-6H2,1-2H3,(H,19,21)/t9-,10+/m1/s1. The highest BCUT2D eigenvalue weighted by Gasteiger charge is 2.44. The lowest BCUT2D eigenvalue weighted by molar-refractivity contribution is -0.141. The van der Waals surface area contributed by atoms with E-state index in [1.807, 2.05) is 13.8 Å². The van der Waals surface area contributed by atoms with Crippen LogP contribution in [0.1, 0.15) is 51.0 Å². The number of carbonyl (C=O) groups is 2. The maximum atomic E-state index is 12.8. The fraction of sp³-hybridized carbons (Fsp3) is 0.600. The number of nitrogens with one attached hydrogen (secondary N) is 1. The number of fused-ring (bicyclic) bond motifs is 1. The molecule has 22 heavy (non-hydrogen) atoms. The second kappa shape index (κ2) is 5.83. The molecule has 2 amide bonds. The Kier molecular flexibility index (Phi) is 4.04. The lowest BCUT2D eigenvalue weighted by Gasteiger charge is -2.39. The van der Waals surface area contributed by atoms with E-state index in [9.17, 15) is 9.59 Å². The summed E-state index contributed by atoms with van der Waals surface area (Å²) in [7, 11) is 0. The highest BCUT2D eigenvalue weighted by molar-refractivity contribution is 6.30. The van der Waals surface area contributed by atoms with Crippen LogP contribution in [0.2, 0.25) is 5.15 Å². The molecule has 0 bridgehead atoms. The summed E-state index contributed by atoms with van der Waals surface area (Å²) in [5.74, 6) is -0.238. The van der Waals surface area contributed by atoms with Crippen LogP contribution < -0.4 is 10.4 Å². The summed E-state index contributed by atoms with van der Waals surface area (Å²) in [6.45, 7) is 3.90. The normalized spacial score (nSPS) is 25.2. The van der Waals surface area contributed by atoms with Gasteiger partial charge in [0.2, 0.25) is 5.91 Å². The Morgan fingerprint density at radius 2 is 1.91 bits per heavy atom. The van der Waals surface area contributed by atoms with Gasteiger partial charge in [-0.05, 0) is 18.8 Å². The van der Waals surface area contributed by atoms with Gasteiger partial charge in [0.05, 0.1) is 11.8 Å². The summed E-state index contributed by atoms with van der Waals surface area (Å²) >= 11 is 6.16. The zero-order valence-corrected chi connectivity index (χ0v) is 13.4. The first-order chi connectivity index (χ1) is 10.5. The highest BCUT2D eigenvalue weighted by atomic mass is 35.5. The van der Waals surface area contributed by atoms with Gasteiger partial charge in [0.1, 0.15) is 11.5 Å². The maximum Gasteiger partial charge on any atom is 0.251 e. The van der Waals surface area contributed by atoms with Crippen molar-refractivity contribution in [1.82, 2.24) is 15.4 Å². The smallest absolute Gasteiger partial charge is 0.251 e. The number of carbonyl (C=O) groups excluding carboxylic acids is 2. The van der Waals surface area contributed by atoms with Crippen LogP contribution in [0, 0.1) is 11.8 Å². The third-order valence-corrected chi connectivity index (χ3v) is 4.77. The second-order valence-corrected chi connectivity index (χ2v) is 6.56. The Balaban J connectivity index is 2.00. The van der Waals surface area contributed by atoms with E-state index in [1.54, 1.807) is 0 Å². The van der Waals surface area contributed by atoms with E-state index < -0.39 is 0 Å². The number of anilines is 1. The van der Waals surface area contributed by atoms with Crippen molar-refractivity contribution in [2.45, 2.75) is 45.4 Å². The summed E-state index contributed by atoms with van der Waals surface area (Å²) < 4.78 is 0. The monoisotopic (exact) mass is 322 g/mol. The largest absolute Gasteiger partial charge is 0.273 e. The molecule has 3 rings (SSSR count). The van der Waals surface area contributed by atoms with Crippen molar-refractivity contribution in [3.05, 3.63) is 17.0 Å². The van der Waals surface area contributed by atoms with Gasteiger partial charge in [-0.3, -0.25) is 15.0 Å². The van der Waals surface area contributed by atoms with Gasteiger partial charge in [0, 0.05) is 5.56 Å². The van der Waals surface area contributed by atoms with Gasteiger partial charge in [0.25, 0.3) is 5.91 Å². The molecule has 2 atom stereocenters. The summed E-state index contributed by atoms with van der Waals surface area (Å²) in [5, 5.41) is 1.59. The predicted molar refractivity (Wildman–Crippen MR) is 82.2 cm³/mol. The van der Waals surface area contributed by atoms with Crippen LogP contribution in [0.4, 0.5) is 5.82 Å². The van der Waals surface area contributed by atoms with Crippen molar-refractivity contribution < 1.29 is 9.59 Å². The number of rotatable bonds is 2. The van der Waals surface area contributed by atoms with Gasteiger partial charge in [-0.15, -0.1) is 0 Å². The van der Waals surface area contributed by atoms with Crippen LogP contribution in [-0.4, -0.2) is 21.8 Å². The molecule has 118 valence electrons. The van der Waals surface area contributed by atoms with Crippen LogP contribution in [-0.2, 0) is 9.59 Å². The fourth-order valence-corrected chi connectivity index (χ4v) is 3.70. The lowest BCUT2D eigenvalue weighted by atomic mass is 9.77. The van der Waals surface area contributed by atoms with Crippen LogP contribution in [0.3, 0.4) is 0 Å². The molecule has 0 spiro atoms. The number of aromatic nitrogens is 2. The summed E-state index contributed by atoms with van der Waals surface area (Å²) in [5.41, 5.74) is 3.37. The molecule has 0 unspecified atom stereocenters. The molecular formula is C15H19ClN4O2. The average Bonchev–Trinajstić information content (AvgIpc) is 2.50.